The molecule has 0 saturated heterocycles. The number of halogens is 4. The van der Waals surface area contributed by atoms with Crippen molar-refractivity contribution in [1.29, 1.82) is 0 Å². The molecule has 0 atom stereocenters. The molecule has 0 saturated carbocycles. The smallest absolute Gasteiger partial charge is 1.00 e. The minimum Gasteiger partial charge on any atom is -1.00 e. The molecule has 0 amide bonds. The van der Waals surface area contributed by atoms with Crippen LogP contribution in [0.25, 0.3) is 0 Å². The zero-order valence-corrected chi connectivity index (χ0v) is 36.6. The van der Waals surface area contributed by atoms with Crippen molar-refractivity contribution in [3.63, 3.8) is 0 Å². The standard InChI is InChI=1S/2C12H28ClSi2.C5H5.2ClH.Zr/c2*1-5-6-7-8-9-10-11-15(4)12(2,3)14-13;1-2-4-5-3-1;;;/h2*5-11,14H2,1-4H3;1-3H,4H2;2*1H;/q;;-1;;;+3/p-2. The van der Waals surface area contributed by atoms with Crippen molar-refractivity contribution in [3.8, 4) is 0 Å². The third kappa shape index (κ3) is 31.3. The molecule has 0 fully saturated rings. The van der Waals surface area contributed by atoms with Gasteiger partial charge in [0, 0.05) is 17.6 Å². The second kappa shape index (κ2) is 33.9. The largest absolute Gasteiger partial charge is 3.00 e. The van der Waals surface area contributed by atoms with E-state index in [4.69, 9.17) is 22.2 Å². The van der Waals surface area contributed by atoms with Gasteiger partial charge in [-0.3, -0.25) is 6.08 Å². The normalized spacial score (nSPS) is 12.7. The Bertz CT molecular complexity index is 477. The predicted molar refractivity (Wildman–Crippen MR) is 178 cm³/mol. The van der Waals surface area contributed by atoms with Crippen molar-refractivity contribution in [3.05, 3.63) is 24.3 Å². The summed E-state index contributed by atoms with van der Waals surface area (Å²) in [6.45, 7) is 19.1. The summed E-state index contributed by atoms with van der Waals surface area (Å²) in [6.07, 6.45) is 27.1. The minimum atomic E-state index is -0.336. The molecule has 1 aliphatic carbocycles. The first-order valence-corrected chi connectivity index (χ1v) is 24.7. The van der Waals surface area contributed by atoms with Gasteiger partial charge in [-0.15, -0.1) is 6.42 Å². The van der Waals surface area contributed by atoms with Crippen molar-refractivity contribution in [2.24, 2.45) is 0 Å². The van der Waals surface area contributed by atoms with Gasteiger partial charge in [0.05, 0.1) is 0 Å². The van der Waals surface area contributed by atoms with Gasteiger partial charge in [-0.1, -0.05) is 144 Å². The maximum absolute atomic E-state index is 6.13. The van der Waals surface area contributed by atoms with Gasteiger partial charge in [0.15, 0.2) is 0 Å². The fraction of sp³-hybridized carbons (Fsp3) is 0.862. The van der Waals surface area contributed by atoms with Gasteiger partial charge in [-0.05, 0) is 9.32 Å². The van der Waals surface area contributed by atoms with Crippen molar-refractivity contribution in [2.45, 2.75) is 160 Å². The number of hydrogen-bond acceptors (Lipinski definition) is 0. The van der Waals surface area contributed by atoms with E-state index in [-0.39, 0.29) is 86.3 Å². The molecular weight excluding hydrogens is 694 g/mol. The Balaban J connectivity index is -0.000000151. The van der Waals surface area contributed by atoms with Crippen LogP contribution in [0.3, 0.4) is 0 Å². The average molecular weight is 755 g/mol. The van der Waals surface area contributed by atoms with Gasteiger partial charge in [0.2, 0.25) is 0 Å². The number of hydrogen-bond donors (Lipinski definition) is 0. The van der Waals surface area contributed by atoms with Crippen LogP contribution in [-0.2, 0) is 26.2 Å². The monoisotopic (exact) mass is 751 g/mol. The molecule has 0 heterocycles. The van der Waals surface area contributed by atoms with Gasteiger partial charge >= 0.3 is 26.2 Å². The summed E-state index contributed by atoms with van der Waals surface area (Å²) in [5, 5.41) is 0. The number of allylic oxidation sites excluding steroid dienone is 4. The molecule has 38 heavy (non-hydrogen) atoms. The quantitative estimate of drug-likeness (QED) is 0.0845. The molecule has 1 aliphatic rings. The van der Waals surface area contributed by atoms with Crippen LogP contribution in [0, 0.1) is 6.08 Å². The third-order valence-electron chi connectivity index (χ3n) is 7.38. The van der Waals surface area contributed by atoms with Crippen molar-refractivity contribution < 1.29 is 51.0 Å². The van der Waals surface area contributed by atoms with Crippen LogP contribution in [0.2, 0.25) is 34.5 Å². The van der Waals surface area contributed by atoms with Crippen molar-refractivity contribution in [2.75, 3.05) is 0 Å². The Morgan fingerprint density at radius 2 is 1.03 bits per heavy atom. The summed E-state index contributed by atoms with van der Waals surface area (Å²) < 4.78 is 1.10. The first-order valence-electron chi connectivity index (χ1n) is 14.6. The molecule has 0 nitrogen and oxygen atoms in total. The Labute approximate surface area is 289 Å². The molecule has 0 aromatic carbocycles. The predicted octanol–water partition coefficient (Wildman–Crippen LogP) is 4.37. The summed E-state index contributed by atoms with van der Waals surface area (Å²) in [6, 6.07) is 2.95. The van der Waals surface area contributed by atoms with Crippen LogP contribution in [0.4, 0.5) is 0 Å². The van der Waals surface area contributed by atoms with Crippen LogP contribution in [0.15, 0.2) is 18.2 Å². The minimum absolute atomic E-state index is 0. The molecule has 0 bridgehead atoms. The summed E-state index contributed by atoms with van der Waals surface area (Å²) in [5.74, 6) is 0. The van der Waals surface area contributed by atoms with E-state index in [1.807, 2.05) is 12.2 Å². The van der Waals surface area contributed by atoms with E-state index in [1.54, 1.807) is 0 Å². The first-order chi connectivity index (χ1) is 16.6. The van der Waals surface area contributed by atoms with Crippen LogP contribution >= 0.6 is 22.2 Å². The van der Waals surface area contributed by atoms with Crippen LogP contribution < -0.4 is 24.8 Å². The van der Waals surface area contributed by atoms with Gasteiger partial charge in [0.1, 0.15) is 17.7 Å². The van der Waals surface area contributed by atoms with Crippen LogP contribution in [0.5, 0.6) is 0 Å². The van der Waals surface area contributed by atoms with Crippen molar-refractivity contribution in [1.82, 2.24) is 0 Å². The molecule has 3 radical (unpaired) electrons. The van der Waals surface area contributed by atoms with E-state index in [0.29, 0.717) is 9.32 Å². The molecule has 0 aliphatic heterocycles. The first kappa shape index (κ1) is 50.0. The zero-order valence-electron chi connectivity index (χ0n) is 26.3. The van der Waals surface area contributed by atoms with Gasteiger partial charge in [0.25, 0.3) is 0 Å². The SMILES string of the molecule is CCCCCCCC[Si](C)C(C)(C)[SiH2]Cl.CCCCCCCC[Si](C)C(C)(C)[SiH2]Cl.[C-]1=CC=CC1.[Cl-].[Cl-].[Zr+3]. The Morgan fingerprint density at radius 3 is 1.26 bits per heavy atom. The summed E-state index contributed by atoms with van der Waals surface area (Å²) >= 11 is 12.3. The molecule has 225 valence electrons. The topological polar surface area (TPSA) is 0 Å². The van der Waals surface area contributed by atoms with Crippen molar-refractivity contribution >= 4 is 57.4 Å². The second-order valence-corrected chi connectivity index (χ2v) is 25.6. The Morgan fingerprint density at radius 1 is 0.684 bits per heavy atom. The molecule has 0 N–H and O–H groups in total. The Kier molecular flexibility index (Phi) is 44.6. The number of rotatable bonds is 18. The van der Waals surface area contributed by atoms with Gasteiger partial charge in [-0.25, -0.2) is 12.2 Å². The third-order valence-corrected chi connectivity index (χ3v) is 25.6. The van der Waals surface area contributed by atoms with Gasteiger partial charge in [-0.2, -0.15) is 28.2 Å². The molecule has 0 unspecified atom stereocenters. The fourth-order valence-corrected chi connectivity index (χ4v) is 13.5. The van der Waals surface area contributed by atoms with E-state index in [9.17, 15) is 0 Å². The molecule has 0 spiro atoms. The maximum Gasteiger partial charge on any atom is 3.00 e. The molecule has 9 heteroatoms. The summed E-state index contributed by atoms with van der Waals surface area (Å²) in [5.41, 5.74) is 0. The number of unbranched alkanes of at least 4 members (excludes halogenated alkanes) is 10. The molecule has 0 aromatic heterocycles. The maximum atomic E-state index is 6.13. The zero-order chi connectivity index (χ0) is 27.0. The fourth-order valence-electron chi connectivity index (χ4n) is 3.59. The van der Waals surface area contributed by atoms with E-state index < -0.39 is 0 Å². The van der Waals surface area contributed by atoms with E-state index >= 15 is 0 Å². The van der Waals surface area contributed by atoms with E-state index in [1.165, 1.54) is 89.1 Å². The molecule has 0 aromatic rings. The van der Waals surface area contributed by atoms with Crippen LogP contribution in [0.1, 0.15) is 125 Å². The van der Waals surface area contributed by atoms with Crippen LogP contribution in [-0.4, -0.2) is 35.3 Å². The summed E-state index contributed by atoms with van der Waals surface area (Å²) in [7, 11) is -1.03. The second-order valence-electron chi connectivity index (χ2n) is 11.6. The van der Waals surface area contributed by atoms with E-state index in [2.05, 4.69) is 66.8 Å². The summed E-state index contributed by atoms with van der Waals surface area (Å²) in [4.78, 5) is 0. The Hall–Kier alpha value is 2.39. The average Bonchev–Trinajstić information content (AvgIpc) is 3.44. The van der Waals surface area contributed by atoms with E-state index in [0.717, 1.165) is 6.42 Å². The molecular formula is C29H61Cl4Si4Zr. The van der Waals surface area contributed by atoms with Gasteiger partial charge < -0.3 is 24.8 Å². The molecule has 1 rings (SSSR count).